The number of ether oxygens (including phenoxy) is 2. The van der Waals surface area contributed by atoms with E-state index in [1.54, 1.807) is 24.3 Å². The van der Waals surface area contributed by atoms with E-state index in [2.05, 4.69) is 60.2 Å². The summed E-state index contributed by atoms with van der Waals surface area (Å²) in [6.07, 6.45) is 1.43. The van der Waals surface area contributed by atoms with Gasteiger partial charge >= 0.3 is 12.0 Å². The van der Waals surface area contributed by atoms with Crippen molar-refractivity contribution in [2.45, 2.75) is 0 Å². The minimum Gasteiger partial charge on any atom is -0.467 e. The van der Waals surface area contributed by atoms with Gasteiger partial charge in [0.15, 0.2) is 0 Å². The molecule has 0 spiro atoms. The number of hydrogen-bond acceptors (Lipinski definition) is 18. The smallest absolute Gasteiger partial charge is 0.322 e. The predicted octanol–water partition coefficient (Wildman–Crippen LogP) is 1.63. The third kappa shape index (κ3) is 9.84. The Hall–Kier alpha value is -3.95. The molecule has 2 heterocycles. The van der Waals surface area contributed by atoms with Crippen molar-refractivity contribution in [1.82, 2.24) is 29.9 Å². The summed E-state index contributed by atoms with van der Waals surface area (Å²) in [5, 5.41) is 20.3. The van der Waals surface area contributed by atoms with Crippen LogP contribution in [0.25, 0.3) is 0 Å². The highest BCUT2D eigenvalue weighted by molar-refractivity contribution is 7.95. The Labute approximate surface area is 220 Å². The first-order chi connectivity index (χ1) is 18.3. The first kappa shape index (κ1) is 28.6. The van der Waals surface area contributed by atoms with Crippen LogP contribution in [-0.2, 0) is 19.5 Å². The monoisotopic (exact) mass is 570 g/mol. The third-order valence-corrected chi connectivity index (χ3v) is 5.19. The van der Waals surface area contributed by atoms with E-state index in [1.807, 2.05) is 0 Å². The molecule has 3 aromatic rings. The normalized spacial score (nSPS) is 11.4. The van der Waals surface area contributed by atoms with Gasteiger partial charge in [-0.15, -0.1) is 4.33 Å². The Morgan fingerprint density at radius 1 is 0.974 bits per heavy atom. The fraction of sp³-hybridized carbons (Fsp3) is 0.278. The van der Waals surface area contributed by atoms with E-state index in [4.69, 9.17) is 19.3 Å². The summed E-state index contributed by atoms with van der Waals surface area (Å²) in [6.45, 7) is -0.129. The molecule has 204 valence electrons. The van der Waals surface area contributed by atoms with Gasteiger partial charge in [0.05, 0.1) is 25.7 Å². The standard InChI is InChI=1S/C18H22N10O8S2/c1-33-17-25-13(19-6-8-37-36-35-29)23-15(27-17)21-11-4-3-5-12(10-11)22-16-24-14(26-18(28-16)34-2)20-7-9-38(30,31)32/h3-6,10,29H,7-9H2,1-2H3,(H,30,31,32)(H,21,23,25,27)(H2,20,22,24,26,28). The van der Waals surface area contributed by atoms with Crippen molar-refractivity contribution < 1.29 is 37.1 Å². The lowest BCUT2D eigenvalue weighted by Crippen LogP contribution is -2.16. The number of hydrogen-bond donors (Lipinski definition) is 5. The molecule has 0 aliphatic carbocycles. The average molecular weight is 571 g/mol. The van der Waals surface area contributed by atoms with Crippen LogP contribution in [-0.4, -0.2) is 86.6 Å². The van der Waals surface area contributed by atoms with Gasteiger partial charge in [0.1, 0.15) is 0 Å². The van der Waals surface area contributed by atoms with Crippen molar-refractivity contribution in [1.29, 1.82) is 0 Å². The molecule has 5 N–H and O–H groups in total. The SMILES string of the molecule is COc1nc(N=CCSOOO)nc(Nc2cccc(Nc3nc(NCCS(=O)(=O)O)nc(OC)n3)c2)n1. The largest absolute Gasteiger partial charge is 0.467 e. The molecule has 2 aromatic heterocycles. The van der Waals surface area contributed by atoms with Crippen LogP contribution in [0, 0.1) is 0 Å². The molecule has 38 heavy (non-hydrogen) atoms. The summed E-state index contributed by atoms with van der Waals surface area (Å²) in [6, 6.07) is 6.95. The quantitative estimate of drug-likeness (QED) is 0.0435. The molecule has 20 heteroatoms. The lowest BCUT2D eigenvalue weighted by atomic mass is 10.3. The van der Waals surface area contributed by atoms with Crippen molar-refractivity contribution in [2.75, 3.05) is 48.2 Å². The molecule has 0 bridgehead atoms. The van der Waals surface area contributed by atoms with Gasteiger partial charge < -0.3 is 25.4 Å². The van der Waals surface area contributed by atoms with Crippen molar-refractivity contribution in [3.8, 4) is 12.0 Å². The van der Waals surface area contributed by atoms with Crippen LogP contribution in [0.15, 0.2) is 29.3 Å². The molecule has 0 saturated carbocycles. The molecule has 0 aliphatic rings. The summed E-state index contributed by atoms with van der Waals surface area (Å²) in [7, 11) is -1.39. The highest BCUT2D eigenvalue weighted by Gasteiger charge is 2.11. The Bertz CT molecular complexity index is 1350. The van der Waals surface area contributed by atoms with E-state index < -0.39 is 15.9 Å². The van der Waals surface area contributed by atoms with Crippen LogP contribution in [0.3, 0.4) is 0 Å². The minimum atomic E-state index is -4.15. The molecule has 0 unspecified atom stereocenters. The zero-order valence-corrected chi connectivity index (χ0v) is 21.4. The van der Waals surface area contributed by atoms with Crippen molar-refractivity contribution in [3.63, 3.8) is 0 Å². The topological polar surface area (TPSA) is 237 Å². The Balaban J connectivity index is 1.73. The zero-order valence-electron chi connectivity index (χ0n) is 19.8. The van der Waals surface area contributed by atoms with Crippen molar-refractivity contribution >= 4 is 63.5 Å². The van der Waals surface area contributed by atoms with Crippen LogP contribution in [0.5, 0.6) is 12.0 Å². The number of benzene rings is 1. The van der Waals surface area contributed by atoms with Gasteiger partial charge in [-0.3, -0.25) is 4.55 Å². The first-order valence-corrected chi connectivity index (χ1v) is 12.9. The van der Waals surface area contributed by atoms with E-state index >= 15 is 0 Å². The van der Waals surface area contributed by atoms with E-state index in [-0.39, 0.29) is 48.1 Å². The lowest BCUT2D eigenvalue weighted by Gasteiger charge is -2.11. The maximum absolute atomic E-state index is 10.9. The van der Waals surface area contributed by atoms with Gasteiger partial charge in [0.25, 0.3) is 16.1 Å². The molecular formula is C18H22N10O8S2. The first-order valence-electron chi connectivity index (χ1n) is 10.3. The predicted molar refractivity (Wildman–Crippen MR) is 136 cm³/mol. The Kier molecular flexibility index (Phi) is 10.6. The van der Waals surface area contributed by atoms with E-state index in [1.165, 1.54) is 20.4 Å². The van der Waals surface area contributed by atoms with Crippen LogP contribution in [0.2, 0.25) is 0 Å². The van der Waals surface area contributed by atoms with Gasteiger partial charge in [0.2, 0.25) is 17.8 Å². The van der Waals surface area contributed by atoms with Crippen LogP contribution >= 0.6 is 12.0 Å². The molecule has 0 fully saturated rings. The number of nitrogens with one attached hydrogen (secondary N) is 3. The fourth-order valence-electron chi connectivity index (χ4n) is 2.56. The second kappa shape index (κ2) is 14.1. The summed E-state index contributed by atoms with van der Waals surface area (Å²) in [4.78, 5) is 28.7. The number of methoxy groups -OCH3 is 2. The van der Waals surface area contributed by atoms with Gasteiger partial charge in [-0.05, 0) is 18.2 Å². The highest BCUT2D eigenvalue weighted by Crippen LogP contribution is 2.23. The number of aliphatic imine (C=N–C) groups is 1. The van der Waals surface area contributed by atoms with Gasteiger partial charge in [-0.1, -0.05) is 11.1 Å². The second-order valence-corrected chi connectivity index (χ2v) is 8.97. The Morgan fingerprint density at radius 3 is 2.24 bits per heavy atom. The maximum atomic E-state index is 10.9. The molecule has 0 aliphatic heterocycles. The van der Waals surface area contributed by atoms with E-state index in [9.17, 15) is 8.42 Å². The minimum absolute atomic E-state index is 0.0228. The van der Waals surface area contributed by atoms with Crippen LogP contribution < -0.4 is 25.4 Å². The van der Waals surface area contributed by atoms with Gasteiger partial charge in [-0.25, -0.2) is 10.2 Å². The molecule has 18 nitrogen and oxygen atoms in total. The zero-order chi connectivity index (χ0) is 27.4. The van der Waals surface area contributed by atoms with Crippen LogP contribution in [0.4, 0.5) is 35.2 Å². The highest BCUT2D eigenvalue weighted by atomic mass is 32.2. The van der Waals surface area contributed by atoms with Crippen LogP contribution in [0.1, 0.15) is 0 Å². The number of rotatable bonds is 15. The van der Waals surface area contributed by atoms with Crippen molar-refractivity contribution in [3.05, 3.63) is 24.3 Å². The lowest BCUT2D eigenvalue weighted by molar-refractivity contribution is -0.432. The van der Waals surface area contributed by atoms with E-state index in [0.29, 0.717) is 11.4 Å². The molecule has 0 saturated heterocycles. The second-order valence-electron chi connectivity index (χ2n) is 6.70. The summed E-state index contributed by atoms with van der Waals surface area (Å²) in [5.74, 6) is 0.0661. The number of nitrogens with zero attached hydrogens (tertiary/aromatic N) is 7. The molecule has 0 radical (unpaired) electrons. The summed E-state index contributed by atoms with van der Waals surface area (Å²) < 4.78 is 45.2. The Morgan fingerprint density at radius 2 is 1.61 bits per heavy atom. The molecule has 3 rings (SSSR count). The third-order valence-electron chi connectivity index (χ3n) is 4.03. The van der Waals surface area contributed by atoms with Gasteiger partial charge in [-0.2, -0.15) is 38.3 Å². The molecular weight excluding hydrogens is 548 g/mol. The maximum Gasteiger partial charge on any atom is 0.322 e. The fourth-order valence-corrected chi connectivity index (χ4v) is 3.15. The number of anilines is 5. The molecule has 0 atom stereocenters. The average Bonchev–Trinajstić information content (AvgIpc) is 2.87. The number of aromatic nitrogens is 6. The van der Waals surface area contributed by atoms with E-state index in [0.717, 1.165) is 12.0 Å². The summed E-state index contributed by atoms with van der Waals surface area (Å²) in [5.41, 5.74) is 1.14. The molecule has 0 amide bonds. The van der Waals surface area contributed by atoms with Gasteiger partial charge in [0, 0.05) is 36.2 Å². The molecule has 1 aromatic carbocycles. The summed E-state index contributed by atoms with van der Waals surface area (Å²) >= 11 is 0.793. The van der Waals surface area contributed by atoms with Crippen molar-refractivity contribution in [2.24, 2.45) is 4.99 Å².